The van der Waals surface area contributed by atoms with Crippen molar-refractivity contribution >= 4 is 16.9 Å². The first-order valence-corrected chi connectivity index (χ1v) is 9.56. The number of amides is 1. The standard InChI is InChI=1S/C21H25N3O3/c1-12(2)19-22-20(27-23-19)15-6-5-9-24(11-15)21(25)18-14(4)16-8-7-13(3)10-17(16)26-18/h7-8,10,12,15H,5-6,9,11H2,1-4H3. The van der Waals surface area contributed by atoms with Crippen LogP contribution in [0.3, 0.4) is 0 Å². The Balaban J connectivity index is 1.57. The number of aryl methyl sites for hydroxylation is 2. The van der Waals surface area contributed by atoms with Crippen molar-refractivity contribution in [1.82, 2.24) is 15.0 Å². The lowest BCUT2D eigenvalue weighted by molar-refractivity contribution is 0.0665. The third kappa shape index (κ3) is 3.24. The zero-order valence-corrected chi connectivity index (χ0v) is 16.3. The van der Waals surface area contributed by atoms with Gasteiger partial charge in [-0.05, 0) is 38.3 Å². The van der Waals surface area contributed by atoms with E-state index in [9.17, 15) is 4.79 Å². The summed E-state index contributed by atoms with van der Waals surface area (Å²) >= 11 is 0. The molecular weight excluding hydrogens is 342 g/mol. The normalized spacial score (nSPS) is 17.8. The van der Waals surface area contributed by atoms with Crippen LogP contribution in [0.4, 0.5) is 0 Å². The van der Waals surface area contributed by atoms with Crippen molar-refractivity contribution in [2.24, 2.45) is 0 Å². The van der Waals surface area contributed by atoms with E-state index in [0.29, 0.717) is 18.2 Å². The number of furan rings is 1. The lowest BCUT2D eigenvalue weighted by Crippen LogP contribution is -2.39. The van der Waals surface area contributed by atoms with Gasteiger partial charge in [0, 0.05) is 30.0 Å². The second-order valence-corrected chi connectivity index (χ2v) is 7.79. The zero-order chi connectivity index (χ0) is 19.1. The van der Waals surface area contributed by atoms with E-state index < -0.39 is 0 Å². The second-order valence-electron chi connectivity index (χ2n) is 7.79. The highest BCUT2D eigenvalue weighted by atomic mass is 16.5. The van der Waals surface area contributed by atoms with Gasteiger partial charge in [-0.3, -0.25) is 4.79 Å². The molecule has 1 aliphatic rings. The van der Waals surface area contributed by atoms with Gasteiger partial charge in [0.25, 0.3) is 5.91 Å². The van der Waals surface area contributed by atoms with Crippen molar-refractivity contribution in [2.45, 2.75) is 52.4 Å². The van der Waals surface area contributed by atoms with Crippen LogP contribution in [-0.4, -0.2) is 34.0 Å². The number of carbonyl (C=O) groups is 1. The van der Waals surface area contributed by atoms with Crippen molar-refractivity contribution in [1.29, 1.82) is 0 Å². The highest BCUT2D eigenvalue weighted by Crippen LogP contribution is 2.31. The largest absolute Gasteiger partial charge is 0.451 e. The van der Waals surface area contributed by atoms with Crippen LogP contribution in [0.5, 0.6) is 0 Å². The average Bonchev–Trinajstić information content (AvgIpc) is 3.27. The molecule has 1 fully saturated rings. The highest BCUT2D eigenvalue weighted by Gasteiger charge is 2.31. The van der Waals surface area contributed by atoms with Crippen LogP contribution in [0.1, 0.15) is 71.9 Å². The van der Waals surface area contributed by atoms with Crippen LogP contribution in [-0.2, 0) is 0 Å². The quantitative estimate of drug-likeness (QED) is 0.678. The van der Waals surface area contributed by atoms with Gasteiger partial charge in [0.15, 0.2) is 11.6 Å². The van der Waals surface area contributed by atoms with Crippen LogP contribution in [0.15, 0.2) is 27.1 Å². The van der Waals surface area contributed by atoms with E-state index in [1.807, 2.05) is 50.8 Å². The van der Waals surface area contributed by atoms with Crippen LogP contribution in [0.2, 0.25) is 0 Å². The first kappa shape index (κ1) is 17.8. The topological polar surface area (TPSA) is 72.4 Å². The van der Waals surface area contributed by atoms with Crippen molar-refractivity contribution in [2.75, 3.05) is 13.1 Å². The van der Waals surface area contributed by atoms with Gasteiger partial charge in [-0.15, -0.1) is 0 Å². The number of benzene rings is 1. The van der Waals surface area contributed by atoms with E-state index in [-0.39, 0.29) is 17.7 Å². The van der Waals surface area contributed by atoms with Gasteiger partial charge in [0.05, 0.1) is 5.92 Å². The monoisotopic (exact) mass is 367 g/mol. The SMILES string of the molecule is Cc1ccc2c(C)c(C(=O)N3CCCC(c4nc(C(C)C)no4)C3)oc2c1. The molecule has 0 bridgehead atoms. The molecule has 3 aromatic rings. The number of fused-ring (bicyclic) bond motifs is 1. The lowest BCUT2D eigenvalue weighted by Gasteiger charge is -2.30. The summed E-state index contributed by atoms with van der Waals surface area (Å²) in [5.74, 6) is 2.03. The molecule has 1 saturated heterocycles. The molecule has 2 aromatic heterocycles. The first-order valence-electron chi connectivity index (χ1n) is 9.56. The number of piperidine rings is 1. The number of hydrogen-bond donors (Lipinski definition) is 0. The number of carbonyl (C=O) groups excluding carboxylic acids is 1. The number of likely N-dealkylation sites (tertiary alicyclic amines) is 1. The van der Waals surface area contributed by atoms with E-state index in [4.69, 9.17) is 8.94 Å². The number of aromatic nitrogens is 2. The summed E-state index contributed by atoms with van der Waals surface area (Å²) in [5.41, 5.74) is 2.78. The third-order valence-corrected chi connectivity index (χ3v) is 5.32. The van der Waals surface area contributed by atoms with Gasteiger partial charge < -0.3 is 13.8 Å². The van der Waals surface area contributed by atoms with Crippen LogP contribution >= 0.6 is 0 Å². The summed E-state index contributed by atoms with van der Waals surface area (Å²) in [4.78, 5) is 19.5. The van der Waals surface area contributed by atoms with Crippen molar-refractivity contribution in [3.8, 4) is 0 Å². The van der Waals surface area contributed by atoms with E-state index >= 15 is 0 Å². The fourth-order valence-corrected chi connectivity index (χ4v) is 3.69. The van der Waals surface area contributed by atoms with Crippen molar-refractivity contribution in [3.63, 3.8) is 0 Å². The van der Waals surface area contributed by atoms with Crippen molar-refractivity contribution in [3.05, 3.63) is 46.8 Å². The Labute approximate surface area is 158 Å². The summed E-state index contributed by atoms with van der Waals surface area (Å²) < 4.78 is 11.4. The first-order chi connectivity index (χ1) is 12.9. The maximum Gasteiger partial charge on any atom is 0.289 e. The van der Waals surface area contributed by atoms with E-state index in [1.54, 1.807) is 0 Å². The molecule has 6 nitrogen and oxygen atoms in total. The molecule has 27 heavy (non-hydrogen) atoms. The van der Waals surface area contributed by atoms with Crippen molar-refractivity contribution < 1.29 is 13.7 Å². The molecule has 0 saturated carbocycles. The van der Waals surface area contributed by atoms with Crippen LogP contribution in [0.25, 0.3) is 11.0 Å². The number of hydrogen-bond acceptors (Lipinski definition) is 5. The van der Waals surface area contributed by atoms with Gasteiger partial charge in [-0.2, -0.15) is 4.98 Å². The van der Waals surface area contributed by atoms with E-state index in [2.05, 4.69) is 10.1 Å². The Kier molecular flexibility index (Phi) is 4.50. The Hall–Kier alpha value is -2.63. The Morgan fingerprint density at radius 2 is 2.11 bits per heavy atom. The second kappa shape index (κ2) is 6.83. The molecule has 3 heterocycles. The van der Waals surface area contributed by atoms with Gasteiger partial charge in [0.2, 0.25) is 5.89 Å². The minimum Gasteiger partial charge on any atom is -0.451 e. The molecule has 4 rings (SSSR count). The third-order valence-electron chi connectivity index (χ3n) is 5.32. The maximum absolute atomic E-state index is 13.1. The fraction of sp³-hybridized carbons (Fsp3) is 0.476. The zero-order valence-electron chi connectivity index (χ0n) is 16.3. The molecule has 0 aliphatic carbocycles. The summed E-state index contributed by atoms with van der Waals surface area (Å²) in [6, 6.07) is 6.03. The predicted octanol–water partition coefficient (Wildman–Crippen LogP) is 4.58. The molecule has 1 amide bonds. The average molecular weight is 367 g/mol. The van der Waals surface area contributed by atoms with Gasteiger partial charge in [-0.25, -0.2) is 0 Å². The van der Waals surface area contributed by atoms with Gasteiger partial charge >= 0.3 is 0 Å². The lowest BCUT2D eigenvalue weighted by atomic mass is 9.97. The van der Waals surface area contributed by atoms with E-state index in [1.165, 1.54) is 0 Å². The summed E-state index contributed by atoms with van der Waals surface area (Å²) in [6.45, 7) is 9.34. The molecule has 0 spiro atoms. The van der Waals surface area contributed by atoms with Crippen LogP contribution in [0, 0.1) is 13.8 Å². The van der Waals surface area contributed by atoms with E-state index in [0.717, 1.165) is 47.3 Å². The summed E-state index contributed by atoms with van der Waals surface area (Å²) in [7, 11) is 0. The minimum atomic E-state index is -0.0605. The molecule has 142 valence electrons. The Bertz CT molecular complexity index is 986. The van der Waals surface area contributed by atoms with Gasteiger partial charge in [-0.1, -0.05) is 31.1 Å². The molecule has 1 atom stereocenters. The Morgan fingerprint density at radius 3 is 2.85 bits per heavy atom. The number of rotatable bonds is 3. The van der Waals surface area contributed by atoms with Gasteiger partial charge in [0.1, 0.15) is 5.58 Å². The van der Waals surface area contributed by atoms with Crippen LogP contribution < -0.4 is 0 Å². The molecule has 6 heteroatoms. The Morgan fingerprint density at radius 1 is 1.30 bits per heavy atom. The molecule has 1 aromatic carbocycles. The maximum atomic E-state index is 13.1. The molecule has 1 unspecified atom stereocenters. The molecule has 0 N–H and O–H groups in total. The molecule has 1 aliphatic heterocycles. The molecule has 0 radical (unpaired) electrons. The highest BCUT2D eigenvalue weighted by molar-refractivity contribution is 5.99. The summed E-state index contributed by atoms with van der Waals surface area (Å²) in [6.07, 6.45) is 1.86. The smallest absolute Gasteiger partial charge is 0.289 e. The predicted molar refractivity (Wildman–Crippen MR) is 102 cm³/mol. The minimum absolute atomic E-state index is 0.0605. The summed E-state index contributed by atoms with van der Waals surface area (Å²) in [5, 5.41) is 5.06. The number of nitrogens with zero attached hydrogens (tertiary/aromatic N) is 3. The fourth-order valence-electron chi connectivity index (χ4n) is 3.69. The molecular formula is C21H25N3O3.